The summed E-state index contributed by atoms with van der Waals surface area (Å²) in [5.74, 6) is -0.414. The number of aryl methyl sites for hydroxylation is 2. The molecule has 0 saturated carbocycles. The van der Waals surface area contributed by atoms with Gasteiger partial charge < -0.3 is 10.2 Å². The Hall–Kier alpha value is -2.21. The molecule has 0 aliphatic carbocycles. The highest BCUT2D eigenvalue weighted by Gasteiger charge is 2.16. The molecule has 0 atom stereocenters. The second-order valence-corrected chi connectivity index (χ2v) is 5.73. The highest BCUT2D eigenvalue weighted by atomic mass is 16.2. The number of nitrogens with one attached hydrogen (secondary N) is 1. The van der Waals surface area contributed by atoms with Crippen molar-refractivity contribution in [3.05, 3.63) is 39.7 Å². The van der Waals surface area contributed by atoms with Gasteiger partial charge in [-0.3, -0.25) is 14.3 Å². The van der Waals surface area contributed by atoms with Gasteiger partial charge in [0.05, 0.1) is 10.9 Å². The molecule has 0 bridgehead atoms. The van der Waals surface area contributed by atoms with E-state index in [9.17, 15) is 9.59 Å². The van der Waals surface area contributed by atoms with E-state index in [1.807, 2.05) is 38.1 Å². The maximum Gasteiger partial charge on any atom is 0.275 e. The molecule has 1 amide bonds. The second kappa shape index (κ2) is 6.70. The molecule has 0 unspecified atom stereocenters. The summed E-state index contributed by atoms with van der Waals surface area (Å²) < 4.78 is 1.57. The van der Waals surface area contributed by atoms with Crippen LogP contribution in [0, 0.1) is 6.92 Å². The van der Waals surface area contributed by atoms with Crippen LogP contribution in [-0.2, 0) is 7.05 Å². The molecule has 1 heterocycles. The molecule has 6 nitrogen and oxygen atoms in total. The molecule has 2 rings (SSSR count). The van der Waals surface area contributed by atoms with Crippen molar-refractivity contribution in [3.8, 4) is 0 Å². The number of carbonyl (C=O) groups is 1. The lowest BCUT2D eigenvalue weighted by Gasteiger charge is -2.11. The Labute approximate surface area is 129 Å². The standard InChI is InChI=1S/C16H22N4O2/c1-11-6-7-13-12(10-11)15(21)14(18-20(13)4)16(22)17-8-5-9-19(2)3/h6-7,10H,5,8-9H2,1-4H3,(H,17,22). The molecule has 1 aromatic carbocycles. The van der Waals surface area contributed by atoms with Crippen LogP contribution in [0.2, 0.25) is 0 Å². The number of amides is 1. The van der Waals surface area contributed by atoms with Gasteiger partial charge in [0.2, 0.25) is 5.43 Å². The first-order valence-corrected chi connectivity index (χ1v) is 7.30. The largest absolute Gasteiger partial charge is 0.350 e. The van der Waals surface area contributed by atoms with Gasteiger partial charge >= 0.3 is 0 Å². The molecule has 118 valence electrons. The van der Waals surface area contributed by atoms with Crippen molar-refractivity contribution in [1.29, 1.82) is 0 Å². The van der Waals surface area contributed by atoms with Gasteiger partial charge in [-0.05, 0) is 46.1 Å². The monoisotopic (exact) mass is 302 g/mol. The van der Waals surface area contributed by atoms with Crippen molar-refractivity contribution in [2.24, 2.45) is 7.05 Å². The molecule has 0 spiro atoms. The minimum Gasteiger partial charge on any atom is -0.350 e. The zero-order valence-electron chi connectivity index (χ0n) is 13.5. The summed E-state index contributed by atoms with van der Waals surface area (Å²) in [7, 11) is 5.69. The zero-order valence-corrected chi connectivity index (χ0v) is 13.5. The van der Waals surface area contributed by atoms with E-state index in [0.29, 0.717) is 11.9 Å². The van der Waals surface area contributed by atoms with E-state index in [0.717, 1.165) is 24.0 Å². The van der Waals surface area contributed by atoms with Crippen LogP contribution >= 0.6 is 0 Å². The zero-order chi connectivity index (χ0) is 16.3. The van der Waals surface area contributed by atoms with Gasteiger partial charge in [-0.2, -0.15) is 5.10 Å². The van der Waals surface area contributed by atoms with Gasteiger partial charge in [-0.15, -0.1) is 0 Å². The molecule has 22 heavy (non-hydrogen) atoms. The van der Waals surface area contributed by atoms with Crippen LogP contribution in [0.5, 0.6) is 0 Å². The van der Waals surface area contributed by atoms with Crippen LogP contribution in [0.15, 0.2) is 23.0 Å². The first-order valence-electron chi connectivity index (χ1n) is 7.30. The highest BCUT2D eigenvalue weighted by molar-refractivity contribution is 5.95. The Morgan fingerprint density at radius 3 is 2.77 bits per heavy atom. The van der Waals surface area contributed by atoms with Gasteiger partial charge in [0.1, 0.15) is 0 Å². The number of nitrogens with zero attached hydrogens (tertiary/aromatic N) is 3. The summed E-state index contributed by atoms with van der Waals surface area (Å²) in [4.78, 5) is 26.7. The predicted octanol–water partition coefficient (Wildman–Crippen LogP) is 0.923. The molecule has 0 fully saturated rings. The molecule has 1 N–H and O–H groups in total. The SMILES string of the molecule is Cc1ccc2c(c1)c(=O)c(C(=O)NCCCN(C)C)nn2C. The van der Waals surface area contributed by atoms with Crippen LogP contribution in [0.1, 0.15) is 22.5 Å². The third kappa shape index (κ3) is 3.51. The highest BCUT2D eigenvalue weighted by Crippen LogP contribution is 2.11. The van der Waals surface area contributed by atoms with E-state index in [1.165, 1.54) is 0 Å². The van der Waals surface area contributed by atoms with Gasteiger partial charge in [0.25, 0.3) is 5.91 Å². The number of benzene rings is 1. The Bertz CT molecular complexity index is 750. The Kier molecular flexibility index (Phi) is 4.92. The van der Waals surface area contributed by atoms with Crippen molar-refractivity contribution in [2.45, 2.75) is 13.3 Å². The fourth-order valence-corrected chi connectivity index (χ4v) is 2.32. The number of fused-ring (bicyclic) bond motifs is 1. The fraction of sp³-hybridized carbons (Fsp3) is 0.438. The van der Waals surface area contributed by atoms with Crippen LogP contribution in [0.4, 0.5) is 0 Å². The van der Waals surface area contributed by atoms with Crippen molar-refractivity contribution < 1.29 is 4.79 Å². The Morgan fingerprint density at radius 2 is 2.09 bits per heavy atom. The van der Waals surface area contributed by atoms with Crippen LogP contribution in [-0.4, -0.2) is 47.8 Å². The first-order chi connectivity index (χ1) is 10.4. The lowest BCUT2D eigenvalue weighted by atomic mass is 10.1. The van der Waals surface area contributed by atoms with E-state index >= 15 is 0 Å². The number of rotatable bonds is 5. The molecule has 2 aromatic rings. The predicted molar refractivity (Wildman–Crippen MR) is 87.2 cm³/mol. The average Bonchev–Trinajstić information content (AvgIpc) is 2.46. The number of aromatic nitrogens is 2. The molecular formula is C16H22N4O2. The number of hydrogen-bond donors (Lipinski definition) is 1. The summed E-state index contributed by atoms with van der Waals surface area (Å²) in [6, 6.07) is 5.56. The summed E-state index contributed by atoms with van der Waals surface area (Å²) in [5.41, 5.74) is 1.33. The summed E-state index contributed by atoms with van der Waals surface area (Å²) in [5, 5.41) is 7.41. The molecule has 0 radical (unpaired) electrons. The van der Waals surface area contributed by atoms with E-state index in [-0.39, 0.29) is 11.1 Å². The van der Waals surface area contributed by atoms with Gasteiger partial charge in [0.15, 0.2) is 5.69 Å². The normalized spacial score (nSPS) is 11.1. The smallest absolute Gasteiger partial charge is 0.275 e. The lowest BCUT2D eigenvalue weighted by Crippen LogP contribution is -2.33. The Morgan fingerprint density at radius 1 is 1.36 bits per heavy atom. The topological polar surface area (TPSA) is 67.2 Å². The minimum atomic E-state index is -0.414. The third-order valence-electron chi connectivity index (χ3n) is 3.49. The maximum atomic E-state index is 12.5. The number of carbonyl (C=O) groups excluding carboxylic acids is 1. The minimum absolute atomic E-state index is 0.0505. The van der Waals surface area contributed by atoms with Gasteiger partial charge in [-0.1, -0.05) is 11.6 Å². The molecule has 0 saturated heterocycles. The van der Waals surface area contributed by atoms with Gasteiger partial charge in [-0.25, -0.2) is 0 Å². The lowest BCUT2D eigenvalue weighted by molar-refractivity contribution is 0.0944. The third-order valence-corrected chi connectivity index (χ3v) is 3.49. The first kappa shape index (κ1) is 16.2. The molecular weight excluding hydrogens is 280 g/mol. The van der Waals surface area contributed by atoms with Crippen LogP contribution < -0.4 is 10.7 Å². The fourth-order valence-electron chi connectivity index (χ4n) is 2.32. The van der Waals surface area contributed by atoms with E-state index in [4.69, 9.17) is 0 Å². The molecule has 6 heteroatoms. The quantitative estimate of drug-likeness (QED) is 0.834. The van der Waals surface area contributed by atoms with Crippen molar-refractivity contribution in [3.63, 3.8) is 0 Å². The maximum absolute atomic E-state index is 12.5. The summed E-state index contributed by atoms with van der Waals surface area (Å²) >= 11 is 0. The second-order valence-electron chi connectivity index (χ2n) is 5.73. The van der Waals surface area contributed by atoms with Gasteiger partial charge in [0, 0.05) is 13.6 Å². The van der Waals surface area contributed by atoms with E-state index < -0.39 is 5.91 Å². The molecule has 0 aliphatic rings. The van der Waals surface area contributed by atoms with Crippen molar-refractivity contribution in [2.75, 3.05) is 27.2 Å². The average molecular weight is 302 g/mol. The van der Waals surface area contributed by atoms with E-state index in [1.54, 1.807) is 17.8 Å². The van der Waals surface area contributed by atoms with E-state index in [2.05, 4.69) is 10.4 Å². The van der Waals surface area contributed by atoms with Crippen molar-refractivity contribution in [1.82, 2.24) is 20.0 Å². The van der Waals surface area contributed by atoms with Crippen LogP contribution in [0.25, 0.3) is 10.9 Å². The summed E-state index contributed by atoms with van der Waals surface area (Å²) in [6.45, 7) is 3.32. The Balaban J connectivity index is 2.26. The van der Waals surface area contributed by atoms with Crippen molar-refractivity contribution >= 4 is 16.8 Å². The summed E-state index contributed by atoms with van der Waals surface area (Å²) in [6.07, 6.45) is 0.825. The van der Waals surface area contributed by atoms with Crippen LogP contribution in [0.3, 0.4) is 0 Å². The molecule has 0 aliphatic heterocycles. The number of hydrogen-bond acceptors (Lipinski definition) is 4. The molecule has 1 aromatic heterocycles.